The predicted molar refractivity (Wildman–Crippen MR) is 181 cm³/mol. The molecule has 8 aromatic carbocycles. The third-order valence-corrected chi connectivity index (χ3v) is 8.85. The lowest BCUT2D eigenvalue weighted by Gasteiger charge is -2.26. The Kier molecular flexibility index (Phi) is 5.27. The normalized spacial score (nSPS) is 11.9. The second kappa shape index (κ2) is 9.44. The number of rotatable bonds is 3. The molecule has 0 saturated carbocycles. The molecule has 0 radical (unpaired) electrons. The van der Waals surface area contributed by atoms with Crippen LogP contribution in [0.3, 0.4) is 0 Å². The highest BCUT2D eigenvalue weighted by molar-refractivity contribution is 6.25. The molecule has 0 bridgehead atoms. The summed E-state index contributed by atoms with van der Waals surface area (Å²) in [4.78, 5) is 0. The summed E-state index contributed by atoms with van der Waals surface area (Å²) in [5.41, 5.74) is 9.57. The van der Waals surface area contributed by atoms with E-state index in [9.17, 15) is 0 Å². The fourth-order valence-electron chi connectivity index (χ4n) is 7.04. The summed E-state index contributed by atoms with van der Waals surface area (Å²) in [5.74, 6) is 1.82. The molecule has 0 aliphatic carbocycles. The lowest BCUT2D eigenvalue weighted by atomic mass is 9.82. The first-order valence-electron chi connectivity index (χ1n) is 14.8. The van der Waals surface area contributed by atoms with Gasteiger partial charge < -0.3 is 4.74 Å². The third-order valence-electron chi connectivity index (χ3n) is 8.85. The maximum atomic E-state index is 6.78. The molecular formula is C42H26O. The van der Waals surface area contributed by atoms with Crippen LogP contribution in [0, 0.1) is 0 Å². The summed E-state index contributed by atoms with van der Waals surface area (Å²) < 4.78 is 6.78. The standard InChI is InChI=1S/C42H26O/c1-3-14-27(15-4-1)36-26-37(35-24-13-23-30-29-18-11-12-25-38(29)43-42(36)41(30)35)40-33-21-9-7-19-31(33)39(28-16-5-2-6-17-28)32-20-8-10-22-34(32)40/h1-26H. The molecule has 0 unspecified atom stereocenters. The summed E-state index contributed by atoms with van der Waals surface area (Å²) >= 11 is 0. The molecule has 1 aliphatic rings. The molecule has 0 fully saturated rings. The van der Waals surface area contributed by atoms with E-state index in [1.807, 2.05) is 6.07 Å². The quantitative estimate of drug-likeness (QED) is 0.200. The van der Waals surface area contributed by atoms with Crippen molar-refractivity contribution in [1.82, 2.24) is 0 Å². The lowest BCUT2D eigenvalue weighted by Crippen LogP contribution is -2.00. The van der Waals surface area contributed by atoms with Crippen molar-refractivity contribution in [3.63, 3.8) is 0 Å². The number of para-hydroxylation sites is 1. The van der Waals surface area contributed by atoms with Gasteiger partial charge in [0, 0.05) is 16.5 Å². The molecule has 1 nitrogen and oxygen atoms in total. The van der Waals surface area contributed by atoms with Crippen molar-refractivity contribution in [2.24, 2.45) is 0 Å². The Morgan fingerprint density at radius 2 is 0.837 bits per heavy atom. The SMILES string of the molecule is c1ccc(-c2cc(-c3c4ccccc4c(-c4ccccc4)c4ccccc34)c3cccc4c3c2Oc2ccccc2-4)cc1. The molecule has 0 saturated heterocycles. The number of benzene rings is 8. The van der Waals surface area contributed by atoms with Gasteiger partial charge in [-0.1, -0.05) is 146 Å². The van der Waals surface area contributed by atoms with Crippen molar-refractivity contribution in [3.8, 4) is 56.0 Å². The van der Waals surface area contributed by atoms with Gasteiger partial charge in [-0.15, -0.1) is 0 Å². The molecule has 0 spiro atoms. The first kappa shape index (κ1) is 24.0. The number of hydrogen-bond donors (Lipinski definition) is 0. The molecule has 1 heteroatoms. The monoisotopic (exact) mass is 546 g/mol. The van der Waals surface area contributed by atoms with E-state index < -0.39 is 0 Å². The van der Waals surface area contributed by atoms with Crippen LogP contribution in [-0.4, -0.2) is 0 Å². The van der Waals surface area contributed by atoms with E-state index in [-0.39, 0.29) is 0 Å². The van der Waals surface area contributed by atoms with Crippen LogP contribution >= 0.6 is 0 Å². The van der Waals surface area contributed by atoms with Crippen LogP contribution < -0.4 is 4.74 Å². The fourth-order valence-corrected chi connectivity index (χ4v) is 7.04. The van der Waals surface area contributed by atoms with Gasteiger partial charge in [0.1, 0.15) is 11.5 Å². The van der Waals surface area contributed by atoms with Crippen LogP contribution in [0.25, 0.3) is 76.8 Å². The summed E-state index contributed by atoms with van der Waals surface area (Å²) in [6, 6.07) is 56.6. The molecule has 0 N–H and O–H groups in total. The zero-order valence-corrected chi connectivity index (χ0v) is 23.4. The van der Waals surface area contributed by atoms with Crippen LogP contribution in [0.5, 0.6) is 11.5 Å². The first-order valence-corrected chi connectivity index (χ1v) is 14.8. The molecule has 1 heterocycles. The second-order valence-electron chi connectivity index (χ2n) is 11.2. The molecule has 1 aliphatic heterocycles. The Bertz CT molecular complexity index is 2290. The average Bonchev–Trinajstić information content (AvgIpc) is 3.08. The molecular weight excluding hydrogens is 520 g/mol. The Morgan fingerprint density at radius 1 is 0.326 bits per heavy atom. The van der Waals surface area contributed by atoms with E-state index in [2.05, 4.69) is 152 Å². The van der Waals surface area contributed by atoms with Gasteiger partial charge in [0.15, 0.2) is 0 Å². The van der Waals surface area contributed by atoms with Crippen LogP contribution in [0.15, 0.2) is 158 Å². The zero-order valence-electron chi connectivity index (χ0n) is 23.4. The van der Waals surface area contributed by atoms with Gasteiger partial charge in [0.2, 0.25) is 0 Å². The van der Waals surface area contributed by atoms with Crippen LogP contribution in [0.1, 0.15) is 0 Å². The summed E-state index contributed by atoms with van der Waals surface area (Å²) in [6.45, 7) is 0. The minimum atomic E-state index is 0.899. The smallest absolute Gasteiger partial charge is 0.143 e. The second-order valence-corrected chi connectivity index (χ2v) is 11.2. The maximum Gasteiger partial charge on any atom is 0.143 e. The fraction of sp³-hybridized carbons (Fsp3) is 0. The van der Waals surface area contributed by atoms with E-state index in [0.29, 0.717) is 0 Å². The predicted octanol–water partition coefficient (Wildman–Crippen LogP) is 11.9. The number of fused-ring (bicyclic) bond motifs is 4. The summed E-state index contributed by atoms with van der Waals surface area (Å²) in [5, 5.41) is 7.37. The molecule has 0 amide bonds. The Morgan fingerprint density at radius 3 is 1.51 bits per heavy atom. The van der Waals surface area contributed by atoms with Gasteiger partial charge in [-0.25, -0.2) is 0 Å². The summed E-state index contributed by atoms with van der Waals surface area (Å²) in [7, 11) is 0. The van der Waals surface area contributed by atoms with Crippen LogP contribution in [0.2, 0.25) is 0 Å². The van der Waals surface area contributed by atoms with Crippen molar-refractivity contribution >= 4 is 32.3 Å². The van der Waals surface area contributed by atoms with Crippen molar-refractivity contribution in [2.75, 3.05) is 0 Å². The number of ether oxygens (including phenoxy) is 1. The van der Waals surface area contributed by atoms with Gasteiger partial charge in [0.05, 0.1) is 0 Å². The molecule has 0 aromatic heterocycles. The van der Waals surface area contributed by atoms with Crippen molar-refractivity contribution < 1.29 is 4.74 Å². The van der Waals surface area contributed by atoms with E-state index >= 15 is 0 Å². The third kappa shape index (κ3) is 3.58. The summed E-state index contributed by atoms with van der Waals surface area (Å²) in [6.07, 6.45) is 0. The highest BCUT2D eigenvalue weighted by Gasteiger charge is 2.27. The van der Waals surface area contributed by atoms with Crippen LogP contribution in [0.4, 0.5) is 0 Å². The van der Waals surface area contributed by atoms with Gasteiger partial charge in [-0.2, -0.15) is 0 Å². The Balaban J connectivity index is 1.48. The largest absolute Gasteiger partial charge is 0.455 e. The van der Waals surface area contributed by atoms with Gasteiger partial charge in [0.25, 0.3) is 0 Å². The first-order chi connectivity index (χ1) is 21.4. The molecule has 0 atom stereocenters. The van der Waals surface area contributed by atoms with Crippen LogP contribution in [-0.2, 0) is 0 Å². The highest BCUT2D eigenvalue weighted by Crippen LogP contribution is 2.54. The Hall–Kier alpha value is -5.66. The van der Waals surface area contributed by atoms with E-state index in [4.69, 9.17) is 4.74 Å². The van der Waals surface area contributed by atoms with Gasteiger partial charge >= 0.3 is 0 Å². The minimum absolute atomic E-state index is 0.899. The van der Waals surface area contributed by atoms with Gasteiger partial charge in [-0.05, 0) is 72.4 Å². The van der Waals surface area contributed by atoms with E-state index in [0.717, 1.165) is 33.6 Å². The topological polar surface area (TPSA) is 9.23 Å². The highest BCUT2D eigenvalue weighted by atomic mass is 16.5. The lowest BCUT2D eigenvalue weighted by molar-refractivity contribution is 0.489. The molecule has 9 rings (SSSR count). The number of hydrogen-bond acceptors (Lipinski definition) is 1. The van der Waals surface area contributed by atoms with Crippen molar-refractivity contribution in [3.05, 3.63) is 158 Å². The zero-order chi connectivity index (χ0) is 28.3. The van der Waals surface area contributed by atoms with Crippen molar-refractivity contribution in [1.29, 1.82) is 0 Å². The average molecular weight is 547 g/mol. The molecule has 8 aromatic rings. The van der Waals surface area contributed by atoms with Crippen molar-refractivity contribution in [2.45, 2.75) is 0 Å². The maximum absolute atomic E-state index is 6.78. The molecule has 200 valence electrons. The van der Waals surface area contributed by atoms with E-state index in [1.54, 1.807) is 0 Å². The van der Waals surface area contributed by atoms with E-state index in [1.165, 1.54) is 54.7 Å². The Labute approximate surface area is 250 Å². The molecule has 43 heavy (non-hydrogen) atoms. The minimum Gasteiger partial charge on any atom is -0.455 e. The van der Waals surface area contributed by atoms with Gasteiger partial charge in [-0.3, -0.25) is 0 Å².